The summed E-state index contributed by atoms with van der Waals surface area (Å²) in [6, 6.07) is 13.6. The Morgan fingerprint density at radius 1 is 1.09 bits per heavy atom. The van der Waals surface area contributed by atoms with E-state index in [9.17, 15) is 5.11 Å². The molecule has 0 aliphatic carbocycles. The molecule has 0 unspecified atom stereocenters. The van der Waals surface area contributed by atoms with Crippen molar-refractivity contribution in [1.29, 1.82) is 0 Å². The van der Waals surface area contributed by atoms with Crippen molar-refractivity contribution >= 4 is 35.0 Å². The molecule has 2 aromatic carbocycles. The maximum absolute atomic E-state index is 10.9. The molecule has 0 aromatic heterocycles. The summed E-state index contributed by atoms with van der Waals surface area (Å²) in [7, 11) is 0. The van der Waals surface area contributed by atoms with Gasteiger partial charge in [-0.05, 0) is 42.0 Å². The monoisotopic (exact) mass is 354 g/mol. The van der Waals surface area contributed by atoms with Gasteiger partial charge in [-0.15, -0.1) is 11.8 Å². The first-order valence-corrected chi connectivity index (χ1v) is 9.32. The maximum Gasteiger partial charge on any atom is 0.0869 e. The van der Waals surface area contributed by atoms with E-state index in [4.69, 9.17) is 23.2 Å². The van der Waals surface area contributed by atoms with Crippen molar-refractivity contribution in [3.63, 3.8) is 0 Å². The molecule has 0 amide bonds. The molecule has 0 aliphatic rings. The molecule has 1 nitrogen and oxygen atoms in total. The van der Waals surface area contributed by atoms with Gasteiger partial charge in [0.2, 0.25) is 0 Å². The lowest BCUT2D eigenvalue weighted by Crippen LogP contribution is -2.12. The second-order valence-electron chi connectivity index (χ2n) is 5.26. The van der Waals surface area contributed by atoms with Crippen LogP contribution in [-0.2, 0) is 0 Å². The summed E-state index contributed by atoms with van der Waals surface area (Å²) >= 11 is 13.8. The Labute approximate surface area is 146 Å². The molecule has 118 valence electrons. The highest BCUT2D eigenvalue weighted by Crippen LogP contribution is 2.39. The van der Waals surface area contributed by atoms with E-state index in [2.05, 4.69) is 6.92 Å². The van der Waals surface area contributed by atoms with Crippen molar-refractivity contribution in [2.45, 2.75) is 36.7 Å². The van der Waals surface area contributed by atoms with Gasteiger partial charge in [0.25, 0.3) is 0 Å². The highest BCUT2D eigenvalue weighted by atomic mass is 35.5. The molecular formula is C18H20Cl2OS. The van der Waals surface area contributed by atoms with Gasteiger partial charge in [0.15, 0.2) is 0 Å². The highest BCUT2D eigenvalue weighted by Gasteiger charge is 2.24. The van der Waals surface area contributed by atoms with Gasteiger partial charge in [0.05, 0.1) is 16.1 Å². The fourth-order valence-corrected chi connectivity index (χ4v) is 3.63. The van der Waals surface area contributed by atoms with Gasteiger partial charge in [0.1, 0.15) is 0 Å². The molecule has 0 bridgehead atoms. The minimum atomic E-state index is -0.555. The predicted molar refractivity (Wildman–Crippen MR) is 97.3 cm³/mol. The molecule has 22 heavy (non-hydrogen) atoms. The molecule has 2 rings (SSSR count). The zero-order chi connectivity index (χ0) is 16.1. The molecule has 0 saturated heterocycles. The van der Waals surface area contributed by atoms with E-state index >= 15 is 0 Å². The number of thioether (sulfide) groups is 1. The number of rotatable bonds is 6. The van der Waals surface area contributed by atoms with Crippen molar-refractivity contribution in [3.05, 3.63) is 63.6 Å². The third-order valence-electron chi connectivity index (χ3n) is 3.81. The van der Waals surface area contributed by atoms with E-state index in [1.54, 1.807) is 17.8 Å². The fourth-order valence-electron chi connectivity index (χ4n) is 2.69. The van der Waals surface area contributed by atoms with Crippen LogP contribution in [0.5, 0.6) is 0 Å². The van der Waals surface area contributed by atoms with E-state index < -0.39 is 6.10 Å². The lowest BCUT2D eigenvalue weighted by atomic mass is 9.86. The molecule has 2 aromatic rings. The van der Waals surface area contributed by atoms with Crippen LogP contribution in [-0.4, -0.2) is 11.4 Å². The van der Waals surface area contributed by atoms with Crippen LogP contribution in [0, 0.1) is 0 Å². The van der Waals surface area contributed by atoms with Crippen molar-refractivity contribution < 1.29 is 5.11 Å². The number of hydrogen-bond acceptors (Lipinski definition) is 2. The lowest BCUT2D eigenvalue weighted by Gasteiger charge is -2.25. The summed E-state index contributed by atoms with van der Waals surface area (Å²) in [5.74, 6) is 0.00747. The Bertz CT molecular complexity index is 630. The number of halogens is 2. The summed E-state index contributed by atoms with van der Waals surface area (Å²) in [6.45, 7) is 2.12. The minimum absolute atomic E-state index is 0.00747. The lowest BCUT2D eigenvalue weighted by molar-refractivity contribution is 0.137. The Balaban J connectivity index is 2.40. The van der Waals surface area contributed by atoms with Crippen molar-refractivity contribution in [3.8, 4) is 0 Å². The fraction of sp³-hybridized carbons (Fsp3) is 0.333. The van der Waals surface area contributed by atoms with Gasteiger partial charge in [0, 0.05) is 10.8 Å². The quantitative estimate of drug-likeness (QED) is 0.611. The smallest absolute Gasteiger partial charge is 0.0869 e. The average Bonchev–Trinajstić information content (AvgIpc) is 2.54. The molecule has 0 aliphatic heterocycles. The van der Waals surface area contributed by atoms with Gasteiger partial charge in [-0.1, -0.05) is 60.8 Å². The molecule has 0 heterocycles. The predicted octanol–water partition coefficient (Wildman–Crippen LogP) is 6.33. The van der Waals surface area contributed by atoms with Gasteiger partial charge in [-0.3, -0.25) is 0 Å². The maximum atomic E-state index is 10.9. The zero-order valence-corrected chi connectivity index (χ0v) is 15.1. The molecule has 2 atom stereocenters. The summed E-state index contributed by atoms with van der Waals surface area (Å²) in [6.07, 6.45) is 3.35. The van der Waals surface area contributed by atoms with E-state index in [0.717, 1.165) is 28.9 Å². The Morgan fingerprint density at radius 2 is 1.82 bits per heavy atom. The number of aliphatic hydroxyl groups is 1. The molecular weight excluding hydrogens is 335 g/mol. The molecule has 0 saturated carbocycles. The summed E-state index contributed by atoms with van der Waals surface area (Å²) < 4.78 is 0. The van der Waals surface area contributed by atoms with E-state index in [1.165, 1.54) is 0 Å². The van der Waals surface area contributed by atoms with Crippen molar-refractivity contribution in [2.75, 3.05) is 6.26 Å². The summed E-state index contributed by atoms with van der Waals surface area (Å²) in [5.41, 5.74) is 2.00. The number of benzene rings is 2. The van der Waals surface area contributed by atoms with Gasteiger partial charge in [-0.25, -0.2) is 0 Å². The highest BCUT2D eigenvalue weighted by molar-refractivity contribution is 7.98. The second kappa shape index (κ2) is 8.26. The molecule has 1 N–H and O–H groups in total. The van der Waals surface area contributed by atoms with Crippen LogP contribution in [0.2, 0.25) is 10.0 Å². The number of aliphatic hydroxyl groups excluding tert-OH is 1. The van der Waals surface area contributed by atoms with Crippen LogP contribution in [0.25, 0.3) is 0 Å². The minimum Gasteiger partial charge on any atom is -0.388 e. The van der Waals surface area contributed by atoms with Crippen LogP contribution < -0.4 is 0 Å². The largest absolute Gasteiger partial charge is 0.388 e. The van der Waals surface area contributed by atoms with Gasteiger partial charge < -0.3 is 5.11 Å². The van der Waals surface area contributed by atoms with Crippen LogP contribution in [0.15, 0.2) is 47.4 Å². The summed E-state index contributed by atoms with van der Waals surface area (Å²) in [5, 5.41) is 12.0. The molecule has 0 radical (unpaired) electrons. The third-order valence-corrected chi connectivity index (χ3v) is 5.36. The Morgan fingerprint density at radius 3 is 2.45 bits per heavy atom. The SMILES string of the molecule is CCC[C@H](c1ccc(Cl)c(Cl)c1)[C@H](O)c1ccccc1SC. The third kappa shape index (κ3) is 3.99. The molecule has 0 spiro atoms. The van der Waals surface area contributed by atoms with E-state index in [-0.39, 0.29) is 5.92 Å². The van der Waals surface area contributed by atoms with Crippen molar-refractivity contribution in [2.24, 2.45) is 0 Å². The Kier molecular flexibility index (Phi) is 6.64. The average molecular weight is 355 g/mol. The van der Waals surface area contributed by atoms with Crippen LogP contribution >= 0.6 is 35.0 Å². The van der Waals surface area contributed by atoms with Gasteiger partial charge in [-0.2, -0.15) is 0 Å². The van der Waals surface area contributed by atoms with Crippen LogP contribution in [0.1, 0.15) is 42.9 Å². The van der Waals surface area contributed by atoms with E-state index in [1.807, 2.05) is 42.7 Å². The second-order valence-corrected chi connectivity index (χ2v) is 6.92. The molecule has 4 heteroatoms. The first kappa shape index (κ1) is 17.7. The van der Waals surface area contributed by atoms with Crippen LogP contribution in [0.3, 0.4) is 0 Å². The summed E-state index contributed by atoms with van der Waals surface area (Å²) in [4.78, 5) is 1.11. The topological polar surface area (TPSA) is 20.2 Å². The molecule has 0 fully saturated rings. The normalized spacial score (nSPS) is 13.9. The van der Waals surface area contributed by atoms with Gasteiger partial charge >= 0.3 is 0 Å². The Hall–Kier alpha value is -0.670. The number of hydrogen-bond donors (Lipinski definition) is 1. The standard InChI is InChI=1S/C18H20Cl2OS/c1-3-6-13(12-9-10-15(19)16(20)11-12)18(21)14-7-4-5-8-17(14)22-2/h4-5,7-11,13,18,21H,3,6H2,1-2H3/t13-,18+/m1/s1. The first-order chi connectivity index (χ1) is 10.6. The van der Waals surface area contributed by atoms with Crippen molar-refractivity contribution in [1.82, 2.24) is 0 Å². The van der Waals surface area contributed by atoms with Crippen LogP contribution in [0.4, 0.5) is 0 Å². The first-order valence-electron chi connectivity index (χ1n) is 7.34. The van der Waals surface area contributed by atoms with E-state index in [0.29, 0.717) is 10.0 Å². The zero-order valence-electron chi connectivity index (χ0n) is 12.7.